The number of carbonyl (C=O) groups excluding carboxylic acids is 2. The van der Waals surface area contributed by atoms with E-state index in [1.54, 1.807) is 36.4 Å². The van der Waals surface area contributed by atoms with Crippen LogP contribution < -0.4 is 0 Å². The van der Waals surface area contributed by atoms with Crippen molar-refractivity contribution in [1.29, 1.82) is 0 Å². The maximum absolute atomic E-state index is 12.1. The topological polar surface area (TPSA) is 34.1 Å². The lowest BCUT2D eigenvalue weighted by Crippen LogP contribution is -2.01. The summed E-state index contributed by atoms with van der Waals surface area (Å²) < 4.78 is 0. The molecule has 0 saturated heterocycles. The van der Waals surface area contributed by atoms with Gasteiger partial charge in [-0.05, 0) is 13.0 Å². The third-order valence-electron chi connectivity index (χ3n) is 2.60. The third kappa shape index (κ3) is 2.48. The highest BCUT2D eigenvalue weighted by atomic mass is 16.1. The van der Waals surface area contributed by atoms with Crippen molar-refractivity contribution < 1.29 is 9.59 Å². The van der Waals surface area contributed by atoms with Crippen LogP contribution in [0.15, 0.2) is 48.5 Å². The zero-order chi connectivity index (χ0) is 12.3. The number of aryl methyl sites for hydroxylation is 1. The third-order valence-corrected chi connectivity index (χ3v) is 2.60. The fourth-order valence-electron chi connectivity index (χ4n) is 1.62. The molecule has 0 N–H and O–H groups in total. The lowest BCUT2D eigenvalue weighted by atomic mass is 10.0. The summed E-state index contributed by atoms with van der Waals surface area (Å²) in [5.74, 6) is -0.0614. The maximum atomic E-state index is 12.1. The van der Waals surface area contributed by atoms with Gasteiger partial charge in [-0.1, -0.05) is 48.0 Å². The predicted molar refractivity (Wildman–Crippen MR) is 66.4 cm³/mol. The van der Waals surface area contributed by atoms with Gasteiger partial charge in [-0.15, -0.1) is 0 Å². The molecule has 0 spiro atoms. The van der Waals surface area contributed by atoms with Crippen molar-refractivity contribution in [2.24, 2.45) is 0 Å². The molecule has 2 heteroatoms. The molecule has 0 saturated carbocycles. The Hall–Kier alpha value is -2.22. The normalized spacial score (nSPS) is 9.94. The zero-order valence-corrected chi connectivity index (χ0v) is 9.51. The summed E-state index contributed by atoms with van der Waals surface area (Å²) in [6, 6.07) is 14.1. The van der Waals surface area contributed by atoms with Crippen molar-refractivity contribution in [2.75, 3.05) is 0 Å². The molecule has 0 fully saturated rings. The van der Waals surface area contributed by atoms with Crippen molar-refractivity contribution in [1.82, 2.24) is 0 Å². The fourth-order valence-corrected chi connectivity index (χ4v) is 1.62. The van der Waals surface area contributed by atoms with Gasteiger partial charge >= 0.3 is 0 Å². The van der Waals surface area contributed by atoms with E-state index in [0.29, 0.717) is 16.7 Å². The number of hydrogen-bond donors (Lipinski definition) is 0. The van der Waals surface area contributed by atoms with E-state index in [4.69, 9.17) is 0 Å². The van der Waals surface area contributed by atoms with Crippen LogP contribution in [0.2, 0.25) is 0 Å². The lowest BCUT2D eigenvalue weighted by Gasteiger charge is -2.02. The first-order valence-corrected chi connectivity index (χ1v) is 5.37. The number of carbonyl (C=O) groups is 2. The Morgan fingerprint density at radius 3 is 2.35 bits per heavy atom. The van der Waals surface area contributed by atoms with Crippen LogP contribution in [0, 0.1) is 6.92 Å². The molecule has 17 heavy (non-hydrogen) atoms. The largest absolute Gasteiger partial charge is 0.298 e. The van der Waals surface area contributed by atoms with Gasteiger partial charge in [0.15, 0.2) is 5.78 Å². The van der Waals surface area contributed by atoms with E-state index in [9.17, 15) is 9.59 Å². The summed E-state index contributed by atoms with van der Waals surface area (Å²) in [4.78, 5) is 22.8. The average Bonchev–Trinajstić information content (AvgIpc) is 2.39. The number of hydrogen-bond acceptors (Lipinski definition) is 2. The minimum atomic E-state index is -0.0614. The summed E-state index contributed by atoms with van der Waals surface area (Å²) in [6.07, 6.45) is 0.742. The molecule has 0 radical (unpaired) electrons. The van der Waals surface area contributed by atoms with Crippen LogP contribution in [0.25, 0.3) is 0 Å². The molecule has 84 valence electrons. The predicted octanol–water partition coefficient (Wildman–Crippen LogP) is 3.04. The molecule has 0 heterocycles. The molecule has 0 amide bonds. The van der Waals surface area contributed by atoms with E-state index in [1.165, 1.54) is 0 Å². The number of aldehydes is 1. The second kappa shape index (κ2) is 4.74. The first-order chi connectivity index (χ1) is 8.20. The summed E-state index contributed by atoms with van der Waals surface area (Å²) in [5, 5.41) is 0. The van der Waals surface area contributed by atoms with Crippen LogP contribution in [0.1, 0.15) is 31.8 Å². The number of ketones is 1. The Bertz CT molecular complexity index is 553. The molecule has 0 bridgehead atoms. The van der Waals surface area contributed by atoms with Gasteiger partial charge in [-0.25, -0.2) is 0 Å². The highest BCUT2D eigenvalue weighted by Gasteiger charge is 2.08. The van der Waals surface area contributed by atoms with Gasteiger partial charge in [-0.3, -0.25) is 9.59 Å². The van der Waals surface area contributed by atoms with Gasteiger partial charge in [0.05, 0.1) is 0 Å². The maximum Gasteiger partial charge on any atom is 0.193 e. The molecule has 0 unspecified atom stereocenters. The quantitative estimate of drug-likeness (QED) is 0.593. The molecule has 2 aromatic carbocycles. The first kappa shape index (κ1) is 11.3. The minimum absolute atomic E-state index is 0.0614. The second-order valence-corrected chi connectivity index (χ2v) is 3.94. The summed E-state index contributed by atoms with van der Waals surface area (Å²) in [7, 11) is 0. The van der Waals surface area contributed by atoms with Crippen LogP contribution in [-0.2, 0) is 0 Å². The van der Waals surface area contributed by atoms with Crippen LogP contribution in [0.3, 0.4) is 0 Å². The highest BCUT2D eigenvalue weighted by molar-refractivity contribution is 6.09. The van der Waals surface area contributed by atoms with Crippen molar-refractivity contribution >= 4 is 12.1 Å². The fraction of sp³-hybridized carbons (Fsp3) is 0.0667. The van der Waals surface area contributed by atoms with E-state index in [0.717, 1.165) is 11.8 Å². The van der Waals surface area contributed by atoms with Crippen molar-refractivity contribution in [3.8, 4) is 0 Å². The molecule has 0 atom stereocenters. The van der Waals surface area contributed by atoms with Crippen LogP contribution >= 0.6 is 0 Å². The van der Waals surface area contributed by atoms with Crippen molar-refractivity contribution in [2.45, 2.75) is 6.92 Å². The molecule has 2 rings (SSSR count). The molecule has 2 aromatic rings. The number of benzene rings is 2. The van der Waals surface area contributed by atoms with Gasteiger partial charge in [0.2, 0.25) is 0 Å². The Morgan fingerprint density at radius 1 is 1.00 bits per heavy atom. The molecule has 0 aromatic heterocycles. The van der Waals surface area contributed by atoms with Gasteiger partial charge < -0.3 is 0 Å². The van der Waals surface area contributed by atoms with Crippen LogP contribution in [0.5, 0.6) is 0 Å². The molecule has 0 aliphatic heterocycles. The van der Waals surface area contributed by atoms with E-state index in [-0.39, 0.29) is 5.78 Å². The molecule has 0 aliphatic carbocycles. The van der Waals surface area contributed by atoms with Crippen molar-refractivity contribution in [3.05, 3.63) is 70.8 Å². The molecular weight excluding hydrogens is 212 g/mol. The molecular formula is C15H12O2. The second-order valence-electron chi connectivity index (χ2n) is 3.94. The standard InChI is InChI=1S/C15H12O2/c1-11-5-7-13(8-6-11)15(17)14-4-2-3-12(9-14)10-16/h2-10H,1H3. The Balaban J connectivity index is 2.36. The summed E-state index contributed by atoms with van der Waals surface area (Å²) in [6.45, 7) is 1.97. The highest BCUT2D eigenvalue weighted by Crippen LogP contribution is 2.12. The van der Waals surface area contributed by atoms with Crippen LogP contribution in [-0.4, -0.2) is 12.1 Å². The zero-order valence-electron chi connectivity index (χ0n) is 9.51. The Labute approximate surface area is 99.9 Å². The van der Waals surface area contributed by atoms with E-state index in [1.807, 2.05) is 19.1 Å². The first-order valence-electron chi connectivity index (χ1n) is 5.37. The lowest BCUT2D eigenvalue weighted by molar-refractivity contribution is 0.103. The monoisotopic (exact) mass is 224 g/mol. The molecule has 2 nitrogen and oxygen atoms in total. The van der Waals surface area contributed by atoms with Gasteiger partial charge in [0.1, 0.15) is 6.29 Å². The van der Waals surface area contributed by atoms with E-state index >= 15 is 0 Å². The Kier molecular flexibility index (Phi) is 3.15. The van der Waals surface area contributed by atoms with E-state index < -0.39 is 0 Å². The number of rotatable bonds is 3. The Morgan fingerprint density at radius 2 is 1.71 bits per heavy atom. The molecule has 0 aliphatic rings. The van der Waals surface area contributed by atoms with Crippen LogP contribution in [0.4, 0.5) is 0 Å². The average molecular weight is 224 g/mol. The SMILES string of the molecule is Cc1ccc(C(=O)c2cccc(C=O)c2)cc1. The summed E-state index contributed by atoms with van der Waals surface area (Å²) >= 11 is 0. The van der Waals surface area contributed by atoms with Gasteiger partial charge in [0.25, 0.3) is 0 Å². The smallest absolute Gasteiger partial charge is 0.193 e. The van der Waals surface area contributed by atoms with E-state index in [2.05, 4.69) is 0 Å². The van der Waals surface area contributed by atoms with Gasteiger partial charge in [0, 0.05) is 16.7 Å². The summed E-state index contributed by atoms with van der Waals surface area (Å²) in [5.41, 5.74) is 2.81. The van der Waals surface area contributed by atoms with Crippen molar-refractivity contribution in [3.63, 3.8) is 0 Å². The van der Waals surface area contributed by atoms with Gasteiger partial charge in [-0.2, -0.15) is 0 Å². The minimum Gasteiger partial charge on any atom is -0.298 e.